The van der Waals surface area contributed by atoms with E-state index in [2.05, 4.69) is 39.4 Å². The van der Waals surface area contributed by atoms with Crippen LogP contribution < -0.4 is 5.32 Å². The lowest BCUT2D eigenvalue weighted by atomic mass is 10.2. The number of para-hydroxylation sites is 1. The molecule has 1 aromatic heterocycles. The van der Waals surface area contributed by atoms with Crippen LogP contribution in [0.4, 0.5) is 14.6 Å². The van der Waals surface area contributed by atoms with Gasteiger partial charge in [-0.3, -0.25) is 0 Å². The molecule has 0 amide bonds. The Kier molecular flexibility index (Phi) is 6.07. The highest BCUT2D eigenvalue weighted by molar-refractivity contribution is 5.88. The Bertz CT molecular complexity index is 840. The number of benzene rings is 2. The second-order valence-electron chi connectivity index (χ2n) is 6.25. The van der Waals surface area contributed by atoms with Crippen LogP contribution in [0.3, 0.4) is 0 Å². The SMILES string of the molecule is CN(CCCNc1nc(C(F)F)nc2ccccc12)Cc1ccccc1. The molecule has 3 rings (SSSR count). The molecule has 0 atom stereocenters. The number of halogens is 2. The van der Waals surface area contributed by atoms with Gasteiger partial charge in [0.15, 0.2) is 5.82 Å². The average molecular weight is 356 g/mol. The molecular weight excluding hydrogens is 334 g/mol. The van der Waals surface area contributed by atoms with Crippen LogP contribution in [0.5, 0.6) is 0 Å². The summed E-state index contributed by atoms with van der Waals surface area (Å²) in [6, 6.07) is 17.5. The first-order valence-electron chi connectivity index (χ1n) is 8.64. The summed E-state index contributed by atoms with van der Waals surface area (Å²) in [5.74, 6) is 0.0315. The standard InChI is InChI=1S/C20H22F2N4/c1-26(14-15-8-3-2-4-9-15)13-7-12-23-19-16-10-5-6-11-17(16)24-20(25-19)18(21)22/h2-6,8-11,18H,7,12-14H2,1H3,(H,23,24,25). The van der Waals surface area contributed by atoms with Gasteiger partial charge in [0.05, 0.1) is 5.52 Å². The number of anilines is 1. The van der Waals surface area contributed by atoms with Crippen LogP contribution in [0.25, 0.3) is 10.9 Å². The van der Waals surface area contributed by atoms with Crippen molar-refractivity contribution in [3.8, 4) is 0 Å². The summed E-state index contributed by atoms with van der Waals surface area (Å²) in [5.41, 5.74) is 1.80. The molecule has 0 aliphatic rings. The van der Waals surface area contributed by atoms with Gasteiger partial charge in [0.1, 0.15) is 5.82 Å². The number of nitrogens with zero attached hydrogens (tertiary/aromatic N) is 3. The quantitative estimate of drug-likeness (QED) is 0.603. The second-order valence-corrected chi connectivity index (χ2v) is 6.25. The highest BCUT2D eigenvalue weighted by Gasteiger charge is 2.14. The predicted octanol–water partition coefficient (Wildman–Crippen LogP) is 4.50. The van der Waals surface area contributed by atoms with E-state index in [1.165, 1.54) is 5.56 Å². The fraction of sp³-hybridized carbons (Fsp3) is 0.300. The Labute approximate surface area is 151 Å². The van der Waals surface area contributed by atoms with Crippen molar-refractivity contribution in [1.82, 2.24) is 14.9 Å². The second kappa shape index (κ2) is 8.67. The van der Waals surface area contributed by atoms with E-state index >= 15 is 0 Å². The van der Waals surface area contributed by atoms with Gasteiger partial charge >= 0.3 is 0 Å². The Hall–Kier alpha value is -2.60. The van der Waals surface area contributed by atoms with E-state index in [1.807, 2.05) is 30.3 Å². The molecular formula is C20H22F2N4. The highest BCUT2D eigenvalue weighted by Crippen LogP contribution is 2.24. The summed E-state index contributed by atoms with van der Waals surface area (Å²) < 4.78 is 26.0. The lowest BCUT2D eigenvalue weighted by molar-refractivity contribution is 0.141. The molecule has 0 unspecified atom stereocenters. The first-order valence-corrected chi connectivity index (χ1v) is 8.64. The maximum Gasteiger partial charge on any atom is 0.297 e. The van der Waals surface area contributed by atoms with Gasteiger partial charge in [0, 0.05) is 18.5 Å². The van der Waals surface area contributed by atoms with E-state index < -0.39 is 12.2 Å². The molecule has 0 fully saturated rings. The molecule has 1 N–H and O–H groups in total. The molecule has 0 radical (unpaired) electrons. The zero-order chi connectivity index (χ0) is 18.4. The fourth-order valence-electron chi connectivity index (χ4n) is 2.86. The summed E-state index contributed by atoms with van der Waals surface area (Å²) in [6.07, 6.45) is -1.80. The van der Waals surface area contributed by atoms with Gasteiger partial charge in [0.2, 0.25) is 0 Å². The lowest BCUT2D eigenvalue weighted by Crippen LogP contribution is -2.21. The van der Waals surface area contributed by atoms with Crippen molar-refractivity contribution < 1.29 is 8.78 Å². The first kappa shape index (κ1) is 18.2. The van der Waals surface area contributed by atoms with Crippen LogP contribution in [0.2, 0.25) is 0 Å². The van der Waals surface area contributed by atoms with Gasteiger partial charge in [-0.15, -0.1) is 0 Å². The number of nitrogens with one attached hydrogen (secondary N) is 1. The molecule has 0 bridgehead atoms. The van der Waals surface area contributed by atoms with E-state index in [4.69, 9.17) is 0 Å². The number of rotatable bonds is 8. The third-order valence-electron chi connectivity index (χ3n) is 4.12. The Morgan fingerprint density at radius 3 is 2.50 bits per heavy atom. The molecule has 0 spiro atoms. The smallest absolute Gasteiger partial charge is 0.297 e. The van der Waals surface area contributed by atoms with Crippen LogP contribution in [0, 0.1) is 0 Å². The number of aromatic nitrogens is 2. The molecule has 1 heterocycles. The monoisotopic (exact) mass is 356 g/mol. The molecule has 0 aliphatic heterocycles. The largest absolute Gasteiger partial charge is 0.369 e. The van der Waals surface area contributed by atoms with Crippen LogP contribution in [-0.2, 0) is 6.54 Å². The molecule has 0 saturated carbocycles. The number of alkyl halides is 2. The van der Waals surface area contributed by atoms with Gasteiger partial charge in [-0.25, -0.2) is 18.7 Å². The van der Waals surface area contributed by atoms with Crippen LogP contribution in [-0.4, -0.2) is 35.0 Å². The van der Waals surface area contributed by atoms with Crippen molar-refractivity contribution in [3.05, 3.63) is 66.0 Å². The highest BCUT2D eigenvalue weighted by atomic mass is 19.3. The molecule has 4 nitrogen and oxygen atoms in total. The van der Waals surface area contributed by atoms with E-state index in [0.29, 0.717) is 17.9 Å². The van der Waals surface area contributed by atoms with E-state index in [-0.39, 0.29) is 0 Å². The maximum atomic E-state index is 13.0. The minimum absolute atomic E-state index is 0.438. The average Bonchev–Trinajstić information content (AvgIpc) is 2.65. The number of fused-ring (bicyclic) bond motifs is 1. The molecule has 6 heteroatoms. The van der Waals surface area contributed by atoms with Gasteiger partial charge in [-0.2, -0.15) is 0 Å². The van der Waals surface area contributed by atoms with Crippen molar-refractivity contribution in [2.24, 2.45) is 0 Å². The topological polar surface area (TPSA) is 41.0 Å². The third-order valence-corrected chi connectivity index (χ3v) is 4.12. The summed E-state index contributed by atoms with van der Waals surface area (Å²) >= 11 is 0. The number of hydrogen-bond donors (Lipinski definition) is 1. The Balaban J connectivity index is 1.57. The van der Waals surface area contributed by atoms with Crippen molar-refractivity contribution in [1.29, 1.82) is 0 Å². The van der Waals surface area contributed by atoms with Crippen LogP contribution in [0.1, 0.15) is 24.2 Å². The van der Waals surface area contributed by atoms with Crippen molar-refractivity contribution in [2.75, 3.05) is 25.5 Å². The summed E-state index contributed by atoms with van der Waals surface area (Å²) in [5, 5.41) is 3.95. The molecule has 0 aliphatic carbocycles. The fourth-order valence-corrected chi connectivity index (χ4v) is 2.86. The van der Waals surface area contributed by atoms with E-state index in [1.54, 1.807) is 12.1 Å². The lowest BCUT2D eigenvalue weighted by Gasteiger charge is -2.17. The summed E-state index contributed by atoms with van der Waals surface area (Å²) in [6.45, 7) is 2.43. The van der Waals surface area contributed by atoms with Crippen LogP contribution >= 0.6 is 0 Å². The Morgan fingerprint density at radius 1 is 1.00 bits per heavy atom. The van der Waals surface area contributed by atoms with Crippen molar-refractivity contribution >= 4 is 16.7 Å². The molecule has 26 heavy (non-hydrogen) atoms. The van der Waals surface area contributed by atoms with Crippen molar-refractivity contribution in [2.45, 2.75) is 19.4 Å². The minimum atomic E-state index is -2.68. The Morgan fingerprint density at radius 2 is 1.73 bits per heavy atom. The maximum absolute atomic E-state index is 13.0. The number of hydrogen-bond acceptors (Lipinski definition) is 4. The molecule has 3 aromatic rings. The minimum Gasteiger partial charge on any atom is -0.369 e. The van der Waals surface area contributed by atoms with E-state index in [0.717, 1.165) is 24.9 Å². The molecule has 0 saturated heterocycles. The predicted molar refractivity (Wildman–Crippen MR) is 100 cm³/mol. The summed E-state index contributed by atoms with van der Waals surface area (Å²) in [4.78, 5) is 10.2. The normalized spacial score (nSPS) is 11.4. The molecule has 2 aromatic carbocycles. The summed E-state index contributed by atoms with van der Waals surface area (Å²) in [7, 11) is 2.07. The first-order chi connectivity index (χ1) is 12.6. The van der Waals surface area contributed by atoms with Gasteiger partial charge in [0.25, 0.3) is 6.43 Å². The van der Waals surface area contributed by atoms with Crippen molar-refractivity contribution in [3.63, 3.8) is 0 Å². The zero-order valence-corrected chi connectivity index (χ0v) is 14.7. The third kappa shape index (κ3) is 4.73. The van der Waals surface area contributed by atoms with Gasteiger partial charge in [-0.1, -0.05) is 42.5 Å². The van der Waals surface area contributed by atoms with Gasteiger partial charge in [-0.05, 0) is 37.7 Å². The van der Waals surface area contributed by atoms with Crippen LogP contribution in [0.15, 0.2) is 54.6 Å². The molecule has 136 valence electrons. The van der Waals surface area contributed by atoms with E-state index in [9.17, 15) is 8.78 Å². The zero-order valence-electron chi connectivity index (χ0n) is 14.7. The van der Waals surface area contributed by atoms with Gasteiger partial charge < -0.3 is 10.2 Å².